The fraction of sp³-hybridized carbons (Fsp3) is 0.471. The Balaban J connectivity index is 1.75. The minimum absolute atomic E-state index is 0.0328. The lowest BCUT2D eigenvalue weighted by molar-refractivity contribution is 0.0919. The van der Waals surface area contributed by atoms with E-state index < -0.39 is 0 Å². The Bertz CT molecular complexity index is 675. The summed E-state index contributed by atoms with van der Waals surface area (Å²) in [5, 5.41) is 3.06. The number of rotatable bonds is 5. The first-order valence-corrected chi connectivity index (χ1v) is 8.16. The van der Waals surface area contributed by atoms with E-state index in [9.17, 15) is 4.79 Å². The van der Waals surface area contributed by atoms with E-state index in [2.05, 4.69) is 15.3 Å². The van der Waals surface area contributed by atoms with E-state index >= 15 is 0 Å². The molecular weight excluding hydrogens is 290 g/mol. The summed E-state index contributed by atoms with van der Waals surface area (Å²) in [4.78, 5) is 20.9. The number of hydrogen-bond acceptors (Lipinski definition) is 4. The van der Waals surface area contributed by atoms with Gasteiger partial charge in [0, 0.05) is 31.2 Å². The molecule has 1 atom stereocenters. The van der Waals surface area contributed by atoms with E-state index in [1.165, 1.54) is 12.8 Å². The smallest absolute Gasteiger partial charge is 0.270 e. The second-order valence-corrected chi connectivity index (χ2v) is 6.10. The number of pyridine rings is 1. The monoisotopic (exact) mass is 313 g/mol. The molecule has 0 saturated heterocycles. The normalized spacial score (nSPS) is 16.4. The van der Waals surface area contributed by atoms with E-state index in [-0.39, 0.29) is 11.9 Å². The van der Waals surface area contributed by atoms with Gasteiger partial charge in [-0.3, -0.25) is 9.78 Å². The number of carbonyl (C=O) groups is 1. The van der Waals surface area contributed by atoms with Gasteiger partial charge in [-0.15, -0.1) is 0 Å². The number of imidazole rings is 1. The highest BCUT2D eigenvalue weighted by Crippen LogP contribution is 2.27. The van der Waals surface area contributed by atoms with Crippen molar-refractivity contribution in [2.45, 2.75) is 38.6 Å². The Morgan fingerprint density at radius 2 is 2.17 bits per heavy atom. The third-order valence-corrected chi connectivity index (χ3v) is 4.62. The summed E-state index contributed by atoms with van der Waals surface area (Å²) in [6, 6.07) is 3.68. The molecular formula is C17H23N5O. The summed E-state index contributed by atoms with van der Waals surface area (Å²) in [6.45, 7) is 2.39. The van der Waals surface area contributed by atoms with Crippen LogP contribution in [-0.4, -0.2) is 33.0 Å². The first-order chi connectivity index (χ1) is 11.2. The Morgan fingerprint density at radius 3 is 2.83 bits per heavy atom. The summed E-state index contributed by atoms with van der Waals surface area (Å²) in [5.41, 5.74) is 7.15. The van der Waals surface area contributed by atoms with Crippen LogP contribution in [0.4, 0.5) is 0 Å². The molecule has 23 heavy (non-hydrogen) atoms. The summed E-state index contributed by atoms with van der Waals surface area (Å²) in [7, 11) is 0. The lowest BCUT2D eigenvalue weighted by atomic mass is 9.98. The molecule has 0 spiro atoms. The van der Waals surface area contributed by atoms with E-state index in [1.54, 1.807) is 18.5 Å². The van der Waals surface area contributed by atoms with E-state index in [0.717, 1.165) is 24.4 Å². The van der Waals surface area contributed by atoms with Gasteiger partial charge in [-0.2, -0.15) is 0 Å². The van der Waals surface area contributed by atoms with Crippen LogP contribution < -0.4 is 11.1 Å². The van der Waals surface area contributed by atoms with Gasteiger partial charge in [0.2, 0.25) is 0 Å². The molecule has 1 fully saturated rings. The van der Waals surface area contributed by atoms with Crippen LogP contribution in [0.3, 0.4) is 0 Å². The topological polar surface area (TPSA) is 85.8 Å². The van der Waals surface area contributed by atoms with Gasteiger partial charge >= 0.3 is 0 Å². The Kier molecular flexibility index (Phi) is 4.71. The van der Waals surface area contributed by atoms with Crippen LogP contribution >= 0.6 is 0 Å². The van der Waals surface area contributed by atoms with Crippen LogP contribution in [0.5, 0.6) is 0 Å². The molecule has 1 amide bonds. The number of nitrogens with one attached hydrogen (secondary N) is 1. The molecule has 0 radical (unpaired) electrons. The second-order valence-electron chi connectivity index (χ2n) is 6.10. The number of amides is 1. The number of aromatic nitrogens is 3. The molecule has 2 aromatic heterocycles. The highest BCUT2D eigenvalue weighted by Gasteiger charge is 2.26. The number of nitrogens with two attached hydrogens (primary N) is 1. The molecule has 0 aliphatic heterocycles. The molecule has 2 heterocycles. The van der Waals surface area contributed by atoms with Crippen molar-refractivity contribution in [1.29, 1.82) is 0 Å². The highest BCUT2D eigenvalue weighted by atomic mass is 16.1. The predicted octanol–water partition coefficient (Wildman–Crippen LogP) is 1.82. The molecule has 1 aliphatic rings. The zero-order chi connectivity index (χ0) is 16.2. The third-order valence-electron chi connectivity index (χ3n) is 4.62. The van der Waals surface area contributed by atoms with Gasteiger partial charge in [0.05, 0.1) is 5.69 Å². The molecule has 1 saturated carbocycles. The largest absolute Gasteiger partial charge is 0.346 e. The summed E-state index contributed by atoms with van der Waals surface area (Å²) < 4.78 is 1.93. The molecule has 2 aromatic rings. The zero-order valence-electron chi connectivity index (χ0n) is 13.4. The molecule has 3 rings (SSSR count). The van der Waals surface area contributed by atoms with Crippen LogP contribution in [0.2, 0.25) is 0 Å². The first kappa shape index (κ1) is 15.7. The van der Waals surface area contributed by atoms with Crippen molar-refractivity contribution in [2.24, 2.45) is 11.7 Å². The molecule has 6 nitrogen and oxygen atoms in total. The van der Waals surface area contributed by atoms with Gasteiger partial charge < -0.3 is 15.6 Å². The Labute approximate surface area is 136 Å². The fourth-order valence-electron chi connectivity index (χ4n) is 3.32. The van der Waals surface area contributed by atoms with E-state index in [0.29, 0.717) is 18.2 Å². The molecule has 3 N–H and O–H groups in total. The Morgan fingerprint density at radius 1 is 1.39 bits per heavy atom. The molecule has 0 aromatic carbocycles. The van der Waals surface area contributed by atoms with Crippen LogP contribution in [0, 0.1) is 12.8 Å². The SMILES string of the molecule is Cc1nccn1-c1ccnc(C(=O)NC(CN)C2CCCC2)c1. The minimum Gasteiger partial charge on any atom is -0.346 e. The maximum absolute atomic E-state index is 12.5. The molecule has 1 aliphatic carbocycles. The van der Waals surface area contributed by atoms with Crippen molar-refractivity contribution in [3.05, 3.63) is 42.2 Å². The number of aryl methyl sites for hydroxylation is 1. The van der Waals surface area contributed by atoms with E-state index in [1.807, 2.05) is 23.8 Å². The van der Waals surface area contributed by atoms with Crippen molar-refractivity contribution in [3.63, 3.8) is 0 Å². The predicted molar refractivity (Wildman–Crippen MR) is 88.4 cm³/mol. The standard InChI is InChI=1S/C17H23N5O/c1-12-19-8-9-22(12)14-6-7-20-15(10-14)17(23)21-16(11-18)13-4-2-3-5-13/h6-10,13,16H,2-5,11,18H2,1H3,(H,21,23). The lowest BCUT2D eigenvalue weighted by Gasteiger charge is -2.23. The summed E-state index contributed by atoms with van der Waals surface area (Å²) in [6.07, 6.45) is 9.99. The van der Waals surface area contributed by atoms with Gasteiger partial charge in [-0.25, -0.2) is 4.98 Å². The fourth-order valence-corrected chi connectivity index (χ4v) is 3.32. The number of hydrogen-bond donors (Lipinski definition) is 2. The minimum atomic E-state index is -0.160. The maximum Gasteiger partial charge on any atom is 0.270 e. The van der Waals surface area contributed by atoms with Gasteiger partial charge in [0.25, 0.3) is 5.91 Å². The Hall–Kier alpha value is -2.21. The van der Waals surface area contributed by atoms with Crippen LogP contribution in [0.15, 0.2) is 30.7 Å². The van der Waals surface area contributed by atoms with Crippen molar-refractivity contribution >= 4 is 5.91 Å². The molecule has 0 bridgehead atoms. The lowest BCUT2D eigenvalue weighted by Crippen LogP contribution is -2.44. The van der Waals surface area contributed by atoms with Crippen LogP contribution in [0.25, 0.3) is 5.69 Å². The van der Waals surface area contributed by atoms with E-state index in [4.69, 9.17) is 5.73 Å². The molecule has 1 unspecified atom stereocenters. The highest BCUT2D eigenvalue weighted by molar-refractivity contribution is 5.93. The molecule has 6 heteroatoms. The van der Waals surface area contributed by atoms with Crippen molar-refractivity contribution in [1.82, 2.24) is 19.9 Å². The zero-order valence-corrected chi connectivity index (χ0v) is 13.4. The van der Waals surface area contributed by atoms with Gasteiger partial charge in [-0.1, -0.05) is 12.8 Å². The second kappa shape index (κ2) is 6.91. The maximum atomic E-state index is 12.5. The van der Waals surface area contributed by atoms with Gasteiger partial charge in [-0.05, 0) is 37.8 Å². The van der Waals surface area contributed by atoms with Gasteiger partial charge in [0.1, 0.15) is 11.5 Å². The number of carbonyl (C=O) groups excluding carboxylic acids is 1. The summed E-state index contributed by atoms with van der Waals surface area (Å²) in [5.74, 6) is 1.20. The molecule has 122 valence electrons. The van der Waals surface area contributed by atoms with Crippen LogP contribution in [0.1, 0.15) is 42.0 Å². The first-order valence-electron chi connectivity index (χ1n) is 8.16. The van der Waals surface area contributed by atoms with Crippen molar-refractivity contribution < 1.29 is 4.79 Å². The average molecular weight is 313 g/mol. The van der Waals surface area contributed by atoms with Crippen LogP contribution in [-0.2, 0) is 0 Å². The van der Waals surface area contributed by atoms with Crippen molar-refractivity contribution in [2.75, 3.05) is 6.54 Å². The van der Waals surface area contributed by atoms with Crippen molar-refractivity contribution in [3.8, 4) is 5.69 Å². The third kappa shape index (κ3) is 3.42. The average Bonchev–Trinajstić information content (AvgIpc) is 3.24. The quantitative estimate of drug-likeness (QED) is 0.881. The summed E-state index contributed by atoms with van der Waals surface area (Å²) >= 11 is 0. The van der Waals surface area contributed by atoms with Gasteiger partial charge in [0.15, 0.2) is 0 Å². The number of nitrogens with zero attached hydrogens (tertiary/aromatic N) is 3.